The predicted octanol–water partition coefficient (Wildman–Crippen LogP) is 15.2. The molecule has 0 aliphatic heterocycles. The Balaban J connectivity index is 0.899. The van der Waals surface area contributed by atoms with Gasteiger partial charge in [0.05, 0.1) is 22.1 Å². The first-order chi connectivity index (χ1) is 28.3. The van der Waals surface area contributed by atoms with Crippen LogP contribution in [-0.4, -0.2) is 9.13 Å². The molecule has 9 aromatic carbocycles. The Morgan fingerprint density at radius 1 is 0.281 bits per heavy atom. The lowest BCUT2D eigenvalue weighted by Gasteiger charge is -2.12. The second-order valence-corrected chi connectivity index (χ2v) is 16.0. The SMILES string of the molecule is c1cc(-c2ccc(-c3ccc(-n4c5ccccc5c5ccc(-n6c7ccccc7c7ccccc76)cc54)cc3)cc2)cc(-c2cccc3c2sc2ccccc23)c1. The third-order valence-corrected chi connectivity index (χ3v) is 13.0. The van der Waals surface area contributed by atoms with Crippen molar-refractivity contribution < 1.29 is 0 Å². The van der Waals surface area contributed by atoms with Gasteiger partial charge in [0.1, 0.15) is 0 Å². The minimum absolute atomic E-state index is 1.14. The van der Waals surface area contributed by atoms with Gasteiger partial charge in [0.25, 0.3) is 0 Å². The van der Waals surface area contributed by atoms with E-state index in [-0.39, 0.29) is 0 Å². The van der Waals surface area contributed by atoms with Gasteiger partial charge in [-0.05, 0) is 88.0 Å². The first kappa shape index (κ1) is 32.1. The molecule has 0 spiro atoms. The van der Waals surface area contributed by atoms with Crippen LogP contribution in [0.5, 0.6) is 0 Å². The Kier molecular flexibility index (Phi) is 7.13. The van der Waals surface area contributed by atoms with E-state index in [9.17, 15) is 0 Å². The summed E-state index contributed by atoms with van der Waals surface area (Å²) in [6.07, 6.45) is 0. The van der Waals surface area contributed by atoms with Crippen molar-refractivity contribution in [1.29, 1.82) is 0 Å². The molecular formula is C54H34N2S. The summed E-state index contributed by atoms with van der Waals surface area (Å²) in [6.45, 7) is 0. The minimum atomic E-state index is 1.14. The van der Waals surface area contributed by atoms with Crippen LogP contribution in [0.3, 0.4) is 0 Å². The fourth-order valence-electron chi connectivity index (χ4n) is 9.08. The molecule has 0 aliphatic carbocycles. The normalized spacial score (nSPS) is 11.9. The van der Waals surface area contributed by atoms with E-state index >= 15 is 0 Å². The third kappa shape index (κ3) is 5.03. The van der Waals surface area contributed by atoms with Crippen molar-refractivity contribution in [1.82, 2.24) is 9.13 Å². The Morgan fingerprint density at radius 2 is 0.754 bits per heavy atom. The van der Waals surface area contributed by atoms with E-state index in [1.54, 1.807) is 0 Å². The van der Waals surface area contributed by atoms with Crippen LogP contribution in [0.1, 0.15) is 0 Å². The summed E-state index contributed by atoms with van der Waals surface area (Å²) in [6, 6.07) is 75.6. The Hall–Kier alpha value is -7.20. The van der Waals surface area contributed by atoms with E-state index in [1.165, 1.54) is 97.2 Å². The number of nitrogens with zero attached hydrogens (tertiary/aromatic N) is 2. The Labute approximate surface area is 333 Å². The Morgan fingerprint density at radius 3 is 1.42 bits per heavy atom. The summed E-state index contributed by atoms with van der Waals surface area (Å²) in [5.74, 6) is 0. The maximum atomic E-state index is 2.42. The van der Waals surface area contributed by atoms with Crippen molar-refractivity contribution in [3.05, 3.63) is 206 Å². The molecule has 3 heterocycles. The highest BCUT2D eigenvalue weighted by Gasteiger charge is 2.17. The van der Waals surface area contributed by atoms with Crippen molar-refractivity contribution in [3.63, 3.8) is 0 Å². The van der Waals surface area contributed by atoms with Crippen molar-refractivity contribution in [3.8, 4) is 44.8 Å². The molecule has 0 atom stereocenters. The van der Waals surface area contributed by atoms with Crippen molar-refractivity contribution in [2.45, 2.75) is 0 Å². The van der Waals surface area contributed by atoms with Crippen LogP contribution in [0, 0.1) is 0 Å². The molecule has 12 rings (SSSR count). The third-order valence-electron chi connectivity index (χ3n) is 11.8. The van der Waals surface area contributed by atoms with Gasteiger partial charge in [0.15, 0.2) is 0 Å². The standard InChI is InChI=1S/C54H34N2S/c1-6-20-50-43(13-1)44-14-2-7-21-51(44)56(50)41-31-32-46-45-15-3-5-19-49(45)55(52(46)34-41)40-29-27-36(28-30-40)35-23-25-37(26-24-35)38-11-9-12-39(33-38)42-17-10-18-48-47-16-4-8-22-53(47)57-54(42)48/h1-34H. The van der Waals surface area contributed by atoms with Crippen molar-refractivity contribution >= 4 is 75.1 Å². The van der Waals surface area contributed by atoms with E-state index in [1.807, 2.05) is 11.3 Å². The lowest BCUT2D eigenvalue weighted by atomic mass is 9.96. The fourth-order valence-corrected chi connectivity index (χ4v) is 10.3. The molecular weight excluding hydrogens is 709 g/mol. The summed E-state index contributed by atoms with van der Waals surface area (Å²) in [4.78, 5) is 0. The summed E-state index contributed by atoms with van der Waals surface area (Å²) in [5.41, 5.74) is 14.5. The molecule has 0 bridgehead atoms. The van der Waals surface area contributed by atoms with E-state index in [0.29, 0.717) is 0 Å². The van der Waals surface area contributed by atoms with Crippen LogP contribution >= 0.6 is 11.3 Å². The number of hydrogen-bond donors (Lipinski definition) is 0. The zero-order valence-electron chi connectivity index (χ0n) is 30.9. The predicted molar refractivity (Wildman–Crippen MR) is 244 cm³/mol. The van der Waals surface area contributed by atoms with Crippen LogP contribution in [0.4, 0.5) is 0 Å². The van der Waals surface area contributed by atoms with Gasteiger partial charge in [-0.2, -0.15) is 0 Å². The second kappa shape index (κ2) is 12.7. The van der Waals surface area contributed by atoms with Gasteiger partial charge >= 0.3 is 0 Å². The van der Waals surface area contributed by atoms with E-state index < -0.39 is 0 Å². The summed E-state index contributed by atoms with van der Waals surface area (Å²) < 4.78 is 7.50. The quantitative estimate of drug-likeness (QED) is 0.166. The zero-order chi connectivity index (χ0) is 37.5. The molecule has 0 unspecified atom stereocenters. The average molecular weight is 743 g/mol. The van der Waals surface area contributed by atoms with Gasteiger partial charge < -0.3 is 9.13 Å². The molecule has 0 N–H and O–H groups in total. The molecule has 0 fully saturated rings. The van der Waals surface area contributed by atoms with Gasteiger partial charge in [-0.15, -0.1) is 11.3 Å². The van der Waals surface area contributed by atoms with Crippen molar-refractivity contribution in [2.24, 2.45) is 0 Å². The summed E-state index contributed by atoms with van der Waals surface area (Å²) >= 11 is 1.88. The molecule has 12 aromatic rings. The van der Waals surface area contributed by atoms with E-state index in [2.05, 4.69) is 215 Å². The highest BCUT2D eigenvalue weighted by atomic mass is 32.1. The molecule has 0 saturated carbocycles. The number of aromatic nitrogens is 2. The first-order valence-electron chi connectivity index (χ1n) is 19.5. The zero-order valence-corrected chi connectivity index (χ0v) is 31.7. The summed E-state index contributed by atoms with van der Waals surface area (Å²) in [7, 11) is 0. The molecule has 3 aromatic heterocycles. The molecule has 3 heteroatoms. The number of para-hydroxylation sites is 3. The van der Waals surface area contributed by atoms with Gasteiger partial charge in [0, 0.05) is 53.1 Å². The number of fused-ring (bicyclic) bond motifs is 9. The smallest absolute Gasteiger partial charge is 0.0561 e. The number of hydrogen-bond acceptors (Lipinski definition) is 1. The molecule has 0 aliphatic rings. The van der Waals surface area contributed by atoms with Gasteiger partial charge in [-0.1, -0.05) is 152 Å². The summed E-state index contributed by atoms with van der Waals surface area (Å²) in [5, 5.41) is 7.71. The molecule has 266 valence electrons. The molecule has 0 saturated heterocycles. The highest BCUT2D eigenvalue weighted by Crippen LogP contribution is 2.41. The van der Waals surface area contributed by atoms with Crippen molar-refractivity contribution in [2.75, 3.05) is 0 Å². The molecule has 0 radical (unpaired) electrons. The number of thiophene rings is 1. The second-order valence-electron chi connectivity index (χ2n) is 14.9. The fraction of sp³-hybridized carbons (Fsp3) is 0. The molecule has 57 heavy (non-hydrogen) atoms. The van der Waals surface area contributed by atoms with E-state index in [0.717, 1.165) is 11.4 Å². The van der Waals surface area contributed by atoms with Crippen LogP contribution in [-0.2, 0) is 0 Å². The van der Waals surface area contributed by atoms with Crippen LogP contribution < -0.4 is 0 Å². The van der Waals surface area contributed by atoms with Crippen LogP contribution in [0.15, 0.2) is 206 Å². The van der Waals surface area contributed by atoms with Gasteiger partial charge in [-0.3, -0.25) is 0 Å². The first-order valence-corrected chi connectivity index (χ1v) is 20.3. The molecule has 2 nitrogen and oxygen atoms in total. The van der Waals surface area contributed by atoms with Crippen LogP contribution in [0.25, 0.3) is 109 Å². The van der Waals surface area contributed by atoms with Crippen LogP contribution in [0.2, 0.25) is 0 Å². The largest absolute Gasteiger partial charge is 0.309 e. The maximum absolute atomic E-state index is 2.42. The monoisotopic (exact) mass is 742 g/mol. The molecule has 0 amide bonds. The average Bonchev–Trinajstić information content (AvgIpc) is 3.94. The number of rotatable bonds is 5. The van der Waals surface area contributed by atoms with E-state index in [4.69, 9.17) is 0 Å². The maximum Gasteiger partial charge on any atom is 0.0561 e. The van der Waals surface area contributed by atoms with Gasteiger partial charge in [-0.25, -0.2) is 0 Å². The lowest BCUT2D eigenvalue weighted by molar-refractivity contribution is 1.15. The van der Waals surface area contributed by atoms with Gasteiger partial charge in [0.2, 0.25) is 0 Å². The topological polar surface area (TPSA) is 9.86 Å². The lowest BCUT2D eigenvalue weighted by Crippen LogP contribution is -1.97. The number of benzene rings is 9. The Bertz CT molecular complexity index is 3450. The highest BCUT2D eigenvalue weighted by molar-refractivity contribution is 7.26. The minimum Gasteiger partial charge on any atom is -0.309 e.